The van der Waals surface area contributed by atoms with Crippen molar-refractivity contribution in [1.29, 1.82) is 0 Å². The Hall–Kier alpha value is -3.42. The molecule has 0 fully saturated rings. The summed E-state index contributed by atoms with van der Waals surface area (Å²) in [6.07, 6.45) is 7.96. The number of aromatic amines is 1. The number of benzene rings is 1. The van der Waals surface area contributed by atoms with Crippen LogP contribution in [-0.4, -0.2) is 44.5 Å². The molecule has 0 aliphatic rings. The van der Waals surface area contributed by atoms with Crippen molar-refractivity contribution in [1.82, 2.24) is 9.97 Å². The molecular formula is C20H24N2O6. The molecule has 0 unspecified atom stereocenters. The maximum atomic E-state index is 11.7. The van der Waals surface area contributed by atoms with Gasteiger partial charge in [-0.2, -0.15) is 0 Å². The molecule has 8 nitrogen and oxygen atoms in total. The number of nitrogens with zero attached hydrogens (tertiary/aromatic N) is 1. The Morgan fingerprint density at radius 1 is 1.11 bits per heavy atom. The fourth-order valence-corrected chi connectivity index (χ4v) is 2.13. The summed E-state index contributed by atoms with van der Waals surface area (Å²) in [5.41, 5.74) is 1.88. The van der Waals surface area contributed by atoms with Crippen LogP contribution in [0.3, 0.4) is 0 Å². The first-order valence-electron chi connectivity index (χ1n) is 8.79. The average Bonchev–Trinajstić information content (AvgIpc) is 3.18. The SMILES string of the molecule is CCCC(=O)c1ccc(OCCCc2cnc[nH]2)cc1.O=C(O)/C=C\C(=O)O. The molecule has 2 rings (SSSR count). The number of carbonyl (C=O) groups is 3. The highest BCUT2D eigenvalue weighted by atomic mass is 16.5. The molecule has 8 heteroatoms. The number of hydrogen-bond acceptors (Lipinski definition) is 5. The molecule has 1 heterocycles. The lowest BCUT2D eigenvalue weighted by atomic mass is 10.1. The number of Topliss-reactive ketones (excluding diaryl/α,β-unsaturated/α-hetero) is 1. The predicted molar refractivity (Wildman–Crippen MR) is 102 cm³/mol. The smallest absolute Gasteiger partial charge is 0.328 e. The van der Waals surface area contributed by atoms with Crippen molar-refractivity contribution in [3.8, 4) is 5.75 Å². The van der Waals surface area contributed by atoms with Crippen LogP contribution in [-0.2, 0) is 16.0 Å². The van der Waals surface area contributed by atoms with Crippen molar-refractivity contribution in [2.24, 2.45) is 0 Å². The highest BCUT2D eigenvalue weighted by Crippen LogP contribution is 2.14. The number of H-pyrrole nitrogens is 1. The van der Waals surface area contributed by atoms with E-state index in [0.717, 1.165) is 36.3 Å². The van der Waals surface area contributed by atoms with Gasteiger partial charge in [-0.15, -0.1) is 0 Å². The minimum atomic E-state index is -1.26. The van der Waals surface area contributed by atoms with E-state index in [4.69, 9.17) is 14.9 Å². The molecule has 3 N–H and O–H groups in total. The highest BCUT2D eigenvalue weighted by Gasteiger charge is 2.04. The largest absolute Gasteiger partial charge is 0.494 e. The lowest BCUT2D eigenvalue weighted by Crippen LogP contribution is -2.01. The van der Waals surface area contributed by atoms with Gasteiger partial charge in [0, 0.05) is 36.0 Å². The van der Waals surface area contributed by atoms with Crippen LogP contribution < -0.4 is 4.74 Å². The fraction of sp³-hybridized carbons (Fsp3) is 0.300. The Bertz CT molecular complexity index is 751. The summed E-state index contributed by atoms with van der Waals surface area (Å²) in [5.74, 6) is -1.51. The number of ether oxygens (including phenoxy) is 1. The van der Waals surface area contributed by atoms with Gasteiger partial charge in [-0.3, -0.25) is 4.79 Å². The summed E-state index contributed by atoms with van der Waals surface area (Å²) in [6, 6.07) is 7.39. The van der Waals surface area contributed by atoms with Gasteiger partial charge in [-0.25, -0.2) is 14.6 Å². The lowest BCUT2D eigenvalue weighted by Gasteiger charge is -2.06. The van der Waals surface area contributed by atoms with E-state index >= 15 is 0 Å². The minimum absolute atomic E-state index is 0.193. The molecule has 150 valence electrons. The zero-order valence-corrected chi connectivity index (χ0v) is 15.6. The molecular weight excluding hydrogens is 364 g/mol. The Morgan fingerprint density at radius 3 is 2.25 bits per heavy atom. The molecule has 28 heavy (non-hydrogen) atoms. The van der Waals surface area contributed by atoms with Gasteiger partial charge in [0.25, 0.3) is 0 Å². The van der Waals surface area contributed by atoms with Gasteiger partial charge < -0.3 is 19.9 Å². The number of rotatable bonds is 10. The average molecular weight is 388 g/mol. The van der Waals surface area contributed by atoms with Crippen LogP contribution in [0, 0.1) is 0 Å². The van der Waals surface area contributed by atoms with Gasteiger partial charge in [-0.05, 0) is 43.5 Å². The molecule has 0 aliphatic heterocycles. The van der Waals surface area contributed by atoms with E-state index in [1.54, 1.807) is 6.33 Å². The van der Waals surface area contributed by atoms with Crippen LogP contribution in [0.2, 0.25) is 0 Å². The second-order valence-electron chi connectivity index (χ2n) is 5.74. The first kappa shape index (κ1) is 22.6. The third kappa shape index (κ3) is 9.91. The van der Waals surface area contributed by atoms with Crippen LogP contribution in [0.15, 0.2) is 48.9 Å². The number of carboxylic acids is 2. The number of hydrogen-bond donors (Lipinski definition) is 3. The Labute approximate surface area is 162 Å². The Balaban J connectivity index is 0.000000416. The number of nitrogens with one attached hydrogen (secondary N) is 1. The van der Waals surface area contributed by atoms with E-state index < -0.39 is 11.9 Å². The molecule has 0 saturated heterocycles. The number of aliphatic carboxylic acids is 2. The summed E-state index contributed by atoms with van der Waals surface area (Å²) >= 11 is 0. The van der Waals surface area contributed by atoms with Gasteiger partial charge in [-0.1, -0.05) is 6.92 Å². The lowest BCUT2D eigenvalue weighted by molar-refractivity contribution is -0.134. The molecule has 0 saturated carbocycles. The molecule has 2 aromatic rings. The van der Waals surface area contributed by atoms with Gasteiger partial charge in [0.1, 0.15) is 5.75 Å². The van der Waals surface area contributed by atoms with E-state index in [9.17, 15) is 14.4 Å². The predicted octanol–water partition coefficient (Wildman–Crippen LogP) is 3.12. The van der Waals surface area contributed by atoms with Crippen molar-refractivity contribution in [2.45, 2.75) is 32.6 Å². The van der Waals surface area contributed by atoms with Crippen molar-refractivity contribution in [3.63, 3.8) is 0 Å². The van der Waals surface area contributed by atoms with Crippen molar-refractivity contribution in [3.05, 3.63) is 60.2 Å². The summed E-state index contributed by atoms with van der Waals surface area (Å²) in [7, 11) is 0. The quantitative estimate of drug-likeness (QED) is 0.324. The standard InChI is InChI=1S/C16H20N2O2.C4H4O4/c1-2-4-16(19)13-6-8-15(9-7-13)20-10-3-5-14-11-17-12-18-14;5-3(6)1-2-4(7)8/h6-9,11-12H,2-5,10H2,1H3,(H,17,18);1-2H,(H,5,6)(H,7,8)/b;2-1-. The number of aryl methyl sites for hydroxylation is 1. The van der Waals surface area contributed by atoms with Gasteiger partial charge in [0.15, 0.2) is 5.78 Å². The number of ketones is 1. The molecule has 1 aromatic heterocycles. The number of carbonyl (C=O) groups excluding carboxylic acids is 1. The maximum absolute atomic E-state index is 11.7. The van der Waals surface area contributed by atoms with Crippen molar-refractivity contribution < 1.29 is 29.3 Å². The number of imidazole rings is 1. The maximum Gasteiger partial charge on any atom is 0.328 e. The van der Waals surface area contributed by atoms with Crippen LogP contribution in [0.4, 0.5) is 0 Å². The minimum Gasteiger partial charge on any atom is -0.494 e. The first-order valence-corrected chi connectivity index (χ1v) is 8.79. The van der Waals surface area contributed by atoms with Crippen LogP contribution in [0.5, 0.6) is 5.75 Å². The van der Waals surface area contributed by atoms with Crippen LogP contribution in [0.1, 0.15) is 42.2 Å². The zero-order chi connectivity index (χ0) is 20.8. The van der Waals surface area contributed by atoms with Gasteiger partial charge in [0.2, 0.25) is 0 Å². The molecule has 0 radical (unpaired) electrons. The Kier molecular flexibility index (Phi) is 10.4. The monoisotopic (exact) mass is 388 g/mol. The molecule has 0 atom stereocenters. The van der Waals surface area contributed by atoms with Gasteiger partial charge in [0.05, 0.1) is 12.9 Å². The first-order chi connectivity index (χ1) is 13.4. The number of carboxylic acid groups (broad SMARTS) is 2. The molecule has 0 bridgehead atoms. The molecule has 0 spiro atoms. The third-order valence-electron chi connectivity index (χ3n) is 3.44. The second kappa shape index (κ2) is 12.9. The normalized spacial score (nSPS) is 10.2. The summed E-state index contributed by atoms with van der Waals surface area (Å²) in [5, 5.41) is 15.6. The molecule has 0 aliphatic carbocycles. The topological polar surface area (TPSA) is 130 Å². The fourth-order valence-electron chi connectivity index (χ4n) is 2.13. The molecule has 1 aromatic carbocycles. The van der Waals surface area contributed by atoms with Crippen molar-refractivity contribution in [2.75, 3.05) is 6.61 Å². The van der Waals surface area contributed by atoms with Gasteiger partial charge >= 0.3 is 11.9 Å². The van der Waals surface area contributed by atoms with Crippen LogP contribution >= 0.6 is 0 Å². The van der Waals surface area contributed by atoms with E-state index in [0.29, 0.717) is 25.2 Å². The van der Waals surface area contributed by atoms with Crippen LogP contribution in [0.25, 0.3) is 0 Å². The summed E-state index contributed by atoms with van der Waals surface area (Å²) in [4.78, 5) is 37.8. The van der Waals surface area contributed by atoms with Crippen molar-refractivity contribution >= 4 is 17.7 Å². The second-order valence-corrected chi connectivity index (χ2v) is 5.74. The van der Waals surface area contributed by atoms with E-state index in [1.807, 2.05) is 37.4 Å². The summed E-state index contributed by atoms with van der Waals surface area (Å²) in [6.45, 7) is 2.66. The van der Waals surface area contributed by atoms with E-state index in [-0.39, 0.29) is 5.78 Å². The van der Waals surface area contributed by atoms with E-state index in [2.05, 4.69) is 9.97 Å². The highest BCUT2D eigenvalue weighted by molar-refractivity contribution is 5.96. The zero-order valence-electron chi connectivity index (χ0n) is 15.6. The summed E-state index contributed by atoms with van der Waals surface area (Å²) < 4.78 is 5.65. The number of aromatic nitrogens is 2. The van der Waals surface area contributed by atoms with E-state index in [1.165, 1.54) is 0 Å². The Morgan fingerprint density at radius 2 is 1.75 bits per heavy atom. The third-order valence-corrected chi connectivity index (χ3v) is 3.44. The molecule has 0 amide bonds.